The number of carbonyl (C=O) groups excluding carboxylic acids is 3. The number of hydrogen-bond acceptors (Lipinski definition) is 8. The van der Waals surface area contributed by atoms with Crippen LogP contribution in [0.25, 0.3) is 0 Å². The van der Waals surface area contributed by atoms with Crippen molar-refractivity contribution in [2.24, 2.45) is 0 Å². The molecule has 9 nitrogen and oxygen atoms in total. The number of imide groups is 1. The maximum Gasteiger partial charge on any atom is 0.261 e. The molecule has 3 aromatic rings. The van der Waals surface area contributed by atoms with Gasteiger partial charge in [-0.1, -0.05) is 23.5 Å². The Balaban J connectivity index is 1.24. The number of fused-ring (bicyclic) bond motifs is 1. The highest BCUT2D eigenvalue weighted by Crippen LogP contribution is 2.26. The van der Waals surface area contributed by atoms with Gasteiger partial charge in [0, 0.05) is 38.3 Å². The standard InChI is InChI=1S/C25H25N5O4S/c1-16-26-27-25(35-16)29-13-11-28(12-14-29)22(31)18-5-8-20-21(15-18)24(33)30(23(20)32)10-9-17-3-6-19(34-2)7-4-17/h3-8,15H,9-14H2,1-2H3. The summed E-state index contributed by atoms with van der Waals surface area (Å²) in [6.07, 6.45) is 0.541. The molecule has 1 saturated heterocycles. The summed E-state index contributed by atoms with van der Waals surface area (Å²) in [7, 11) is 1.60. The molecule has 35 heavy (non-hydrogen) atoms. The van der Waals surface area contributed by atoms with E-state index in [1.807, 2.05) is 31.2 Å². The van der Waals surface area contributed by atoms with Gasteiger partial charge in [0.05, 0.1) is 18.2 Å². The summed E-state index contributed by atoms with van der Waals surface area (Å²) in [5.41, 5.74) is 2.06. The number of amides is 3. The fourth-order valence-electron chi connectivity index (χ4n) is 4.36. The normalized spacial score (nSPS) is 15.5. The molecule has 180 valence electrons. The summed E-state index contributed by atoms with van der Waals surface area (Å²) in [6, 6.07) is 12.3. The van der Waals surface area contributed by atoms with Crippen molar-refractivity contribution in [2.75, 3.05) is 44.7 Å². The third-order valence-electron chi connectivity index (χ3n) is 6.35. The van der Waals surface area contributed by atoms with Gasteiger partial charge < -0.3 is 14.5 Å². The first-order valence-corrected chi connectivity index (χ1v) is 12.2. The second-order valence-corrected chi connectivity index (χ2v) is 9.66. The van der Waals surface area contributed by atoms with Crippen molar-refractivity contribution in [3.8, 4) is 5.75 Å². The Bertz CT molecular complexity index is 1280. The highest BCUT2D eigenvalue weighted by Gasteiger charge is 2.36. The number of nitrogens with zero attached hydrogens (tertiary/aromatic N) is 5. The number of aromatic nitrogens is 2. The predicted molar refractivity (Wildman–Crippen MR) is 131 cm³/mol. The number of carbonyl (C=O) groups is 3. The summed E-state index contributed by atoms with van der Waals surface area (Å²) in [6.45, 7) is 4.63. The maximum atomic E-state index is 13.1. The molecule has 3 heterocycles. The van der Waals surface area contributed by atoms with E-state index in [0.29, 0.717) is 49.3 Å². The molecule has 3 amide bonds. The number of benzene rings is 2. The predicted octanol–water partition coefficient (Wildman–Crippen LogP) is 2.66. The summed E-state index contributed by atoms with van der Waals surface area (Å²) >= 11 is 1.54. The van der Waals surface area contributed by atoms with Gasteiger partial charge >= 0.3 is 0 Å². The van der Waals surface area contributed by atoms with Crippen LogP contribution >= 0.6 is 11.3 Å². The van der Waals surface area contributed by atoms with Crippen molar-refractivity contribution in [3.05, 3.63) is 69.7 Å². The molecule has 5 rings (SSSR count). The molecule has 0 aliphatic carbocycles. The number of ether oxygens (including phenoxy) is 1. The quantitative estimate of drug-likeness (QED) is 0.489. The van der Waals surface area contributed by atoms with E-state index in [1.165, 1.54) is 16.2 Å². The number of hydrogen-bond donors (Lipinski definition) is 0. The SMILES string of the molecule is COc1ccc(CCN2C(=O)c3ccc(C(=O)N4CCN(c5nnc(C)s5)CC4)cc3C2=O)cc1. The van der Waals surface area contributed by atoms with E-state index >= 15 is 0 Å². The van der Waals surface area contributed by atoms with Crippen LogP contribution in [-0.4, -0.2) is 77.6 Å². The largest absolute Gasteiger partial charge is 0.497 e. The van der Waals surface area contributed by atoms with Gasteiger partial charge in [-0.05, 0) is 49.2 Å². The lowest BCUT2D eigenvalue weighted by atomic mass is 10.0. The fraction of sp³-hybridized carbons (Fsp3) is 0.320. The summed E-state index contributed by atoms with van der Waals surface area (Å²) < 4.78 is 5.17. The first-order valence-electron chi connectivity index (χ1n) is 11.4. The first kappa shape index (κ1) is 23.0. The van der Waals surface area contributed by atoms with Gasteiger partial charge in [-0.15, -0.1) is 10.2 Å². The lowest BCUT2D eigenvalue weighted by Gasteiger charge is -2.34. The van der Waals surface area contributed by atoms with E-state index < -0.39 is 0 Å². The van der Waals surface area contributed by atoms with Crippen LogP contribution in [0.4, 0.5) is 5.13 Å². The highest BCUT2D eigenvalue weighted by atomic mass is 32.1. The molecule has 0 N–H and O–H groups in total. The molecule has 1 aromatic heterocycles. The van der Waals surface area contributed by atoms with E-state index in [0.717, 1.165) is 21.5 Å². The monoisotopic (exact) mass is 491 g/mol. The molecule has 0 spiro atoms. The minimum atomic E-state index is -0.357. The zero-order valence-corrected chi connectivity index (χ0v) is 20.4. The van der Waals surface area contributed by atoms with E-state index in [-0.39, 0.29) is 24.3 Å². The van der Waals surface area contributed by atoms with Gasteiger partial charge in [-0.3, -0.25) is 19.3 Å². The van der Waals surface area contributed by atoms with Crippen molar-refractivity contribution in [3.63, 3.8) is 0 Å². The second kappa shape index (κ2) is 9.46. The average molecular weight is 492 g/mol. The molecule has 2 aromatic carbocycles. The van der Waals surface area contributed by atoms with E-state index in [2.05, 4.69) is 15.1 Å². The molecule has 10 heteroatoms. The van der Waals surface area contributed by atoms with Crippen LogP contribution in [-0.2, 0) is 6.42 Å². The Morgan fingerprint density at radius 3 is 2.34 bits per heavy atom. The van der Waals surface area contributed by atoms with Crippen LogP contribution in [0.2, 0.25) is 0 Å². The van der Waals surface area contributed by atoms with Crippen LogP contribution in [0.3, 0.4) is 0 Å². The molecule has 0 saturated carbocycles. The van der Waals surface area contributed by atoms with Gasteiger partial charge in [0.2, 0.25) is 5.13 Å². The van der Waals surface area contributed by atoms with Crippen LogP contribution < -0.4 is 9.64 Å². The lowest BCUT2D eigenvalue weighted by Crippen LogP contribution is -2.48. The van der Waals surface area contributed by atoms with Crippen molar-refractivity contribution in [1.82, 2.24) is 20.0 Å². The molecule has 1 fully saturated rings. The van der Waals surface area contributed by atoms with Gasteiger partial charge in [0.1, 0.15) is 10.8 Å². The molecule has 0 bridgehead atoms. The number of aryl methyl sites for hydroxylation is 1. The Morgan fingerprint density at radius 1 is 0.971 bits per heavy atom. The summed E-state index contributed by atoms with van der Waals surface area (Å²) in [4.78, 5) is 44.2. The fourth-order valence-corrected chi connectivity index (χ4v) is 5.10. The van der Waals surface area contributed by atoms with Gasteiger partial charge in [-0.25, -0.2) is 0 Å². The van der Waals surface area contributed by atoms with Crippen LogP contribution in [0.1, 0.15) is 41.6 Å². The van der Waals surface area contributed by atoms with Crippen molar-refractivity contribution in [1.29, 1.82) is 0 Å². The molecule has 2 aliphatic heterocycles. The molecule has 0 radical (unpaired) electrons. The molecular formula is C25H25N5O4S. The van der Waals surface area contributed by atoms with Crippen LogP contribution in [0.15, 0.2) is 42.5 Å². The van der Waals surface area contributed by atoms with Gasteiger partial charge in [0.15, 0.2) is 0 Å². The maximum absolute atomic E-state index is 13.1. The van der Waals surface area contributed by atoms with Crippen molar-refractivity contribution in [2.45, 2.75) is 13.3 Å². The Kier molecular flexibility index (Phi) is 6.21. The Morgan fingerprint density at radius 2 is 1.69 bits per heavy atom. The minimum absolute atomic E-state index is 0.141. The van der Waals surface area contributed by atoms with Crippen molar-refractivity contribution < 1.29 is 19.1 Å². The van der Waals surface area contributed by atoms with Gasteiger partial charge in [0.25, 0.3) is 17.7 Å². The third-order valence-corrected chi connectivity index (χ3v) is 7.25. The van der Waals surface area contributed by atoms with Crippen LogP contribution in [0, 0.1) is 6.92 Å². The second-order valence-electron chi connectivity index (χ2n) is 8.50. The van der Waals surface area contributed by atoms with Crippen molar-refractivity contribution >= 4 is 34.2 Å². The highest BCUT2D eigenvalue weighted by molar-refractivity contribution is 7.15. The topological polar surface area (TPSA) is 95.9 Å². The smallest absolute Gasteiger partial charge is 0.261 e. The van der Waals surface area contributed by atoms with E-state index in [9.17, 15) is 14.4 Å². The average Bonchev–Trinajstić information content (AvgIpc) is 3.43. The van der Waals surface area contributed by atoms with Crippen LogP contribution in [0.5, 0.6) is 5.75 Å². The summed E-state index contributed by atoms with van der Waals surface area (Å²) in [5, 5.41) is 10.0. The van der Waals surface area contributed by atoms with E-state index in [1.54, 1.807) is 30.2 Å². The zero-order valence-electron chi connectivity index (χ0n) is 19.6. The number of anilines is 1. The lowest BCUT2D eigenvalue weighted by molar-refractivity contribution is 0.0655. The number of methoxy groups -OCH3 is 1. The Hall–Kier alpha value is -3.79. The summed E-state index contributed by atoms with van der Waals surface area (Å²) in [5.74, 6) is -0.0655. The minimum Gasteiger partial charge on any atom is -0.497 e. The first-order chi connectivity index (χ1) is 16.9. The zero-order chi connectivity index (χ0) is 24.5. The molecular weight excluding hydrogens is 466 g/mol. The number of piperazine rings is 1. The molecule has 2 aliphatic rings. The number of rotatable bonds is 6. The van der Waals surface area contributed by atoms with E-state index in [4.69, 9.17) is 4.74 Å². The third kappa shape index (κ3) is 4.49. The molecule has 0 unspecified atom stereocenters. The molecule has 0 atom stereocenters. The Labute approximate surface area is 206 Å². The van der Waals surface area contributed by atoms with Gasteiger partial charge in [-0.2, -0.15) is 0 Å².